The topological polar surface area (TPSA) is 0 Å². The Balaban J connectivity index is 3.02. The lowest BCUT2D eigenvalue weighted by Crippen LogP contribution is -2.12. The second-order valence-corrected chi connectivity index (χ2v) is 6.74. The van der Waals surface area contributed by atoms with E-state index in [-0.39, 0.29) is 5.41 Å². The van der Waals surface area contributed by atoms with Crippen LogP contribution in [0.1, 0.15) is 38.8 Å². The second-order valence-electron chi connectivity index (χ2n) is 4.72. The van der Waals surface area contributed by atoms with E-state index >= 15 is 0 Å². The van der Waals surface area contributed by atoms with Crippen molar-refractivity contribution in [2.24, 2.45) is 0 Å². The van der Waals surface area contributed by atoms with E-state index in [1.165, 1.54) is 5.56 Å². The Morgan fingerprint density at radius 2 is 1.29 bits per heavy atom. The number of alkyl halides is 2. The monoisotopic (exact) mass is 306 g/mol. The van der Waals surface area contributed by atoms with Gasteiger partial charge in [-0.3, -0.25) is 0 Å². The standard InChI is InChI=1S/C12H16FI/c1-11(2,3)9-5-7-10(8-6-9)12(4,13)14/h5-8H,1-4H3. The minimum atomic E-state index is -1.27. The lowest BCUT2D eigenvalue weighted by molar-refractivity contribution is 0.349. The summed E-state index contributed by atoms with van der Waals surface area (Å²) in [5.41, 5.74) is 2.10. The van der Waals surface area contributed by atoms with Gasteiger partial charge in [0.2, 0.25) is 0 Å². The summed E-state index contributed by atoms with van der Waals surface area (Å²) in [7, 11) is 0. The Labute approximate surface area is 99.0 Å². The number of halogens is 2. The molecule has 1 unspecified atom stereocenters. The molecule has 0 heterocycles. The van der Waals surface area contributed by atoms with Crippen molar-refractivity contribution >= 4 is 22.6 Å². The fourth-order valence-electron chi connectivity index (χ4n) is 1.26. The fraction of sp³-hybridized carbons (Fsp3) is 0.500. The summed E-state index contributed by atoms with van der Waals surface area (Å²) in [6, 6.07) is 7.75. The van der Waals surface area contributed by atoms with E-state index < -0.39 is 3.68 Å². The van der Waals surface area contributed by atoms with E-state index in [0.29, 0.717) is 0 Å². The fourth-order valence-corrected chi connectivity index (χ4v) is 1.62. The Bertz CT molecular complexity index is 268. The van der Waals surface area contributed by atoms with Crippen molar-refractivity contribution < 1.29 is 4.39 Å². The van der Waals surface area contributed by atoms with Crippen LogP contribution in [-0.4, -0.2) is 0 Å². The molecule has 0 amide bonds. The third-order valence-corrected chi connectivity index (χ3v) is 2.88. The van der Waals surface area contributed by atoms with E-state index in [1.807, 2.05) is 46.9 Å². The molecule has 0 saturated carbocycles. The Hall–Kier alpha value is -0.120. The Morgan fingerprint density at radius 3 is 1.57 bits per heavy atom. The van der Waals surface area contributed by atoms with Gasteiger partial charge in [0, 0.05) is 0 Å². The molecule has 1 aromatic carbocycles. The normalized spacial score (nSPS) is 16.4. The molecule has 0 radical (unpaired) electrons. The van der Waals surface area contributed by atoms with Gasteiger partial charge in [0.05, 0.1) is 0 Å². The molecule has 0 spiro atoms. The first-order chi connectivity index (χ1) is 6.21. The van der Waals surface area contributed by atoms with Crippen LogP contribution in [0.25, 0.3) is 0 Å². The van der Waals surface area contributed by atoms with Crippen LogP contribution in [0.4, 0.5) is 4.39 Å². The highest BCUT2D eigenvalue weighted by molar-refractivity contribution is 14.1. The highest BCUT2D eigenvalue weighted by Gasteiger charge is 2.21. The summed E-state index contributed by atoms with van der Waals surface area (Å²) in [5.74, 6) is 0. The van der Waals surface area contributed by atoms with Crippen molar-refractivity contribution in [3.8, 4) is 0 Å². The third kappa shape index (κ3) is 2.94. The molecule has 0 N–H and O–H groups in total. The molecule has 78 valence electrons. The molecule has 2 heteroatoms. The average molecular weight is 306 g/mol. The van der Waals surface area contributed by atoms with E-state index in [4.69, 9.17) is 0 Å². The quantitative estimate of drug-likeness (QED) is 0.527. The molecule has 14 heavy (non-hydrogen) atoms. The van der Waals surface area contributed by atoms with Gasteiger partial charge < -0.3 is 0 Å². The van der Waals surface area contributed by atoms with Gasteiger partial charge in [0.1, 0.15) is 0 Å². The molecule has 0 aliphatic heterocycles. The van der Waals surface area contributed by atoms with Gasteiger partial charge in [0.25, 0.3) is 0 Å². The van der Waals surface area contributed by atoms with Crippen molar-refractivity contribution in [2.45, 2.75) is 36.8 Å². The van der Waals surface area contributed by atoms with E-state index in [0.717, 1.165) is 5.56 Å². The number of hydrogen-bond acceptors (Lipinski definition) is 0. The number of hydrogen-bond donors (Lipinski definition) is 0. The van der Waals surface area contributed by atoms with E-state index in [1.54, 1.807) is 6.92 Å². The molecule has 0 aliphatic rings. The Morgan fingerprint density at radius 1 is 0.929 bits per heavy atom. The minimum Gasteiger partial charge on any atom is -0.227 e. The first-order valence-electron chi connectivity index (χ1n) is 4.70. The van der Waals surface area contributed by atoms with Crippen LogP contribution in [0, 0.1) is 0 Å². The van der Waals surface area contributed by atoms with Crippen LogP contribution in [0.5, 0.6) is 0 Å². The van der Waals surface area contributed by atoms with Crippen molar-refractivity contribution in [3.05, 3.63) is 35.4 Å². The van der Waals surface area contributed by atoms with Gasteiger partial charge in [-0.1, -0.05) is 45.0 Å². The smallest absolute Gasteiger partial charge is 0.183 e. The van der Waals surface area contributed by atoms with Crippen LogP contribution in [-0.2, 0) is 9.09 Å². The summed E-state index contributed by atoms with van der Waals surface area (Å²) in [6.45, 7) is 8.03. The predicted molar refractivity (Wildman–Crippen MR) is 67.6 cm³/mol. The first kappa shape index (κ1) is 12.0. The highest BCUT2D eigenvalue weighted by Crippen LogP contribution is 2.34. The van der Waals surface area contributed by atoms with Gasteiger partial charge in [0.15, 0.2) is 3.68 Å². The molecular weight excluding hydrogens is 290 g/mol. The molecular formula is C12H16FI. The number of rotatable bonds is 1. The predicted octanol–water partition coefficient (Wildman–Crippen LogP) is 4.56. The molecule has 0 saturated heterocycles. The largest absolute Gasteiger partial charge is 0.227 e. The van der Waals surface area contributed by atoms with Crippen LogP contribution >= 0.6 is 22.6 Å². The zero-order valence-corrected chi connectivity index (χ0v) is 11.2. The van der Waals surface area contributed by atoms with Crippen molar-refractivity contribution in [2.75, 3.05) is 0 Å². The summed E-state index contributed by atoms with van der Waals surface area (Å²) in [5, 5.41) is 0. The van der Waals surface area contributed by atoms with Gasteiger partial charge in [-0.05, 0) is 46.1 Å². The van der Waals surface area contributed by atoms with Gasteiger partial charge in [-0.25, -0.2) is 4.39 Å². The lowest BCUT2D eigenvalue weighted by Gasteiger charge is -2.20. The van der Waals surface area contributed by atoms with Crippen LogP contribution < -0.4 is 0 Å². The maximum absolute atomic E-state index is 13.5. The highest BCUT2D eigenvalue weighted by atomic mass is 127. The van der Waals surface area contributed by atoms with E-state index in [2.05, 4.69) is 20.8 Å². The molecule has 0 nitrogen and oxygen atoms in total. The van der Waals surface area contributed by atoms with Gasteiger partial charge >= 0.3 is 0 Å². The maximum Gasteiger partial charge on any atom is 0.183 e. The van der Waals surface area contributed by atoms with Gasteiger partial charge in [-0.2, -0.15) is 0 Å². The van der Waals surface area contributed by atoms with Crippen LogP contribution in [0.3, 0.4) is 0 Å². The van der Waals surface area contributed by atoms with Crippen molar-refractivity contribution in [1.82, 2.24) is 0 Å². The first-order valence-corrected chi connectivity index (χ1v) is 5.78. The van der Waals surface area contributed by atoms with Crippen LogP contribution in [0.2, 0.25) is 0 Å². The lowest BCUT2D eigenvalue weighted by atomic mass is 9.86. The Kier molecular flexibility index (Phi) is 3.24. The van der Waals surface area contributed by atoms with Crippen molar-refractivity contribution in [1.29, 1.82) is 0 Å². The molecule has 0 aromatic heterocycles. The molecule has 0 aliphatic carbocycles. The average Bonchev–Trinajstić information content (AvgIpc) is 2.01. The summed E-state index contributed by atoms with van der Waals surface area (Å²) < 4.78 is 12.3. The van der Waals surface area contributed by atoms with Crippen molar-refractivity contribution in [3.63, 3.8) is 0 Å². The van der Waals surface area contributed by atoms with E-state index in [9.17, 15) is 4.39 Å². The van der Waals surface area contributed by atoms with Crippen LogP contribution in [0.15, 0.2) is 24.3 Å². The zero-order chi connectivity index (χ0) is 11.0. The third-order valence-electron chi connectivity index (χ3n) is 2.26. The molecule has 1 atom stereocenters. The summed E-state index contributed by atoms with van der Waals surface area (Å²) >= 11 is 1.81. The summed E-state index contributed by atoms with van der Waals surface area (Å²) in [4.78, 5) is 0. The molecule has 1 aromatic rings. The van der Waals surface area contributed by atoms with Gasteiger partial charge in [-0.15, -0.1) is 0 Å². The molecule has 1 rings (SSSR count). The maximum atomic E-state index is 13.5. The second kappa shape index (κ2) is 3.80. The zero-order valence-electron chi connectivity index (χ0n) is 9.07. The SMILES string of the molecule is CC(C)(C)c1ccc(C(C)(F)I)cc1. The molecule has 0 fully saturated rings. The number of benzene rings is 1. The summed E-state index contributed by atoms with van der Waals surface area (Å²) in [6.07, 6.45) is 0. The minimum absolute atomic E-state index is 0.135. The molecule has 0 bridgehead atoms.